The molecule has 0 amide bonds. The standard InChI is InChI=1S/C6H7N.C5H6N2.2C2H6/c1-6-3-2-4-7-5-6;1-5-4-6-2-3-7-5;2*1-2/h2-5H,1H3;2-4H,1H3;2*1-2H3/p+1/i/hT. The van der Waals surface area contributed by atoms with Crippen LogP contribution in [0.2, 0.25) is 1.41 Å². The Kier molecular flexibility index (Phi) is 13.7. The predicted molar refractivity (Wildman–Crippen MR) is 77.2 cm³/mol. The SMILES string of the molecule is CC.CC.Cc1cnccn1.[3H][n+]1cccc(C)c1. The Balaban J connectivity index is 0. The first-order valence-electron chi connectivity index (χ1n) is 6.83. The molecular weight excluding hydrogens is 222 g/mol. The van der Waals surface area contributed by atoms with Crippen molar-refractivity contribution in [3.05, 3.63) is 54.4 Å². The second kappa shape index (κ2) is 15.2. The van der Waals surface area contributed by atoms with E-state index in [1.807, 2.05) is 53.7 Å². The Morgan fingerprint density at radius 3 is 2.06 bits per heavy atom. The highest BCUT2D eigenvalue weighted by Crippen LogP contribution is 1.84. The van der Waals surface area contributed by atoms with Crippen LogP contribution in [-0.4, -0.2) is 9.97 Å². The lowest BCUT2D eigenvalue weighted by molar-refractivity contribution is -0.378. The van der Waals surface area contributed by atoms with Crippen molar-refractivity contribution in [3.63, 3.8) is 0 Å². The van der Waals surface area contributed by atoms with Crippen molar-refractivity contribution in [2.45, 2.75) is 41.5 Å². The number of pyridine rings is 1. The first kappa shape index (κ1) is 16.2. The minimum atomic E-state index is 0.961. The molecule has 1 N–H and O–H groups in total. The molecule has 0 saturated carbocycles. The fraction of sp³-hybridized carbons (Fsp3) is 0.400. The molecule has 2 rings (SSSR count). The topological polar surface area (TPSA) is 39.9 Å². The maximum Gasteiger partial charge on any atom is 0.453 e. The van der Waals surface area contributed by atoms with E-state index in [4.69, 9.17) is 1.41 Å². The number of aromatic amines is 1. The summed E-state index contributed by atoms with van der Waals surface area (Å²) < 4.78 is 7.05. The van der Waals surface area contributed by atoms with E-state index in [-0.39, 0.29) is 0 Å². The van der Waals surface area contributed by atoms with E-state index < -0.39 is 0 Å². The Labute approximate surface area is 113 Å². The number of H-pyrrole nitrogens is 1. The molecule has 0 bridgehead atoms. The van der Waals surface area contributed by atoms with Crippen LogP contribution in [0.5, 0.6) is 0 Å². The fourth-order valence-corrected chi connectivity index (χ4v) is 0.822. The van der Waals surface area contributed by atoms with Gasteiger partial charge in [0, 0.05) is 30.2 Å². The lowest BCUT2D eigenvalue weighted by Gasteiger charge is -1.81. The summed E-state index contributed by atoms with van der Waals surface area (Å²) in [5.41, 5.74) is 2.07. The molecule has 3 nitrogen and oxygen atoms in total. The van der Waals surface area contributed by atoms with Crippen molar-refractivity contribution in [2.75, 3.05) is 0 Å². The van der Waals surface area contributed by atoms with Crippen LogP contribution in [0.3, 0.4) is 0 Å². The molecule has 0 aliphatic heterocycles. The molecule has 2 heterocycles. The van der Waals surface area contributed by atoms with Gasteiger partial charge in [0.25, 0.3) is 0 Å². The summed E-state index contributed by atoms with van der Waals surface area (Å²) in [4.78, 5) is 9.03. The molecule has 18 heavy (non-hydrogen) atoms. The highest BCUT2D eigenvalue weighted by atomic mass is 14.7. The number of hydrogen-bond donors (Lipinski definition) is 0. The largest absolute Gasteiger partial charge is 0.453 e. The van der Waals surface area contributed by atoms with Gasteiger partial charge in [-0.1, -0.05) is 27.7 Å². The zero-order valence-corrected chi connectivity index (χ0v) is 12.4. The van der Waals surface area contributed by atoms with Gasteiger partial charge in [0.1, 0.15) is 0 Å². The Morgan fingerprint density at radius 1 is 1.11 bits per heavy atom. The summed E-state index contributed by atoms with van der Waals surface area (Å²) in [5.74, 6) is 0. The third kappa shape index (κ3) is 12.3. The summed E-state index contributed by atoms with van der Waals surface area (Å²) in [6.07, 6.45) is 8.50. The van der Waals surface area contributed by atoms with Crippen LogP contribution >= 0.6 is 0 Å². The van der Waals surface area contributed by atoms with E-state index in [1.54, 1.807) is 31.0 Å². The first-order chi connectivity index (χ1) is 9.18. The normalized spacial score (nSPS) is 8.22. The van der Waals surface area contributed by atoms with Gasteiger partial charge in [0.2, 0.25) is 0 Å². The second-order valence-electron chi connectivity index (χ2n) is 2.88. The molecule has 0 aliphatic carbocycles. The summed E-state index contributed by atoms with van der Waals surface area (Å²) in [6, 6.07) is 3.81. The van der Waals surface area contributed by atoms with E-state index in [0.717, 1.165) is 11.3 Å². The maximum absolute atomic E-state index is 7.05. The Morgan fingerprint density at radius 2 is 1.78 bits per heavy atom. The number of nitrogens with zero attached hydrogens (tertiary/aromatic N) is 2. The number of rotatable bonds is 0. The molecular formula is C15H26N3+. The highest BCUT2D eigenvalue weighted by molar-refractivity contribution is 5.00. The van der Waals surface area contributed by atoms with Gasteiger partial charge in [-0.25, -0.2) is 4.98 Å². The number of aryl methyl sites for hydroxylation is 2. The third-order valence-corrected chi connectivity index (χ3v) is 1.50. The van der Waals surface area contributed by atoms with Crippen LogP contribution in [0.4, 0.5) is 0 Å². The van der Waals surface area contributed by atoms with E-state index in [2.05, 4.69) is 9.97 Å². The molecule has 0 aromatic carbocycles. The van der Waals surface area contributed by atoms with Gasteiger partial charge in [-0.05, 0) is 19.9 Å². The molecule has 2 aromatic rings. The van der Waals surface area contributed by atoms with Gasteiger partial charge in [-0.2, -0.15) is 0 Å². The molecule has 0 spiro atoms. The van der Waals surface area contributed by atoms with Gasteiger partial charge in [0.05, 0.1) is 5.69 Å². The van der Waals surface area contributed by atoms with E-state index in [1.165, 1.54) is 4.98 Å². The smallest absolute Gasteiger partial charge is 0.261 e. The quantitative estimate of drug-likeness (QED) is 0.716. The van der Waals surface area contributed by atoms with Gasteiger partial charge in [-0.3, -0.25) is 9.97 Å². The monoisotopic (exact) mass is 250 g/mol. The number of nitrogens with one attached hydrogen (secondary N) is 1. The summed E-state index contributed by atoms with van der Waals surface area (Å²) in [6.45, 7) is 11.9. The maximum atomic E-state index is 7.05. The molecule has 0 atom stereocenters. The van der Waals surface area contributed by atoms with Gasteiger partial charge < -0.3 is 0 Å². The fourth-order valence-electron chi connectivity index (χ4n) is 0.822. The van der Waals surface area contributed by atoms with Crippen LogP contribution in [0.15, 0.2) is 43.1 Å². The van der Waals surface area contributed by atoms with Crippen molar-refractivity contribution in [3.8, 4) is 0 Å². The lowest BCUT2D eigenvalue weighted by Crippen LogP contribution is -1.97. The molecule has 100 valence electrons. The minimum Gasteiger partial charge on any atom is -0.261 e. The summed E-state index contributed by atoms with van der Waals surface area (Å²) in [7, 11) is 0. The summed E-state index contributed by atoms with van der Waals surface area (Å²) in [5, 5.41) is 0. The summed E-state index contributed by atoms with van der Waals surface area (Å²) >= 11 is 0. The molecule has 3 heteroatoms. The van der Waals surface area contributed by atoms with Crippen molar-refractivity contribution in [2.24, 2.45) is 0 Å². The minimum absolute atomic E-state index is 0.961. The van der Waals surface area contributed by atoms with Crippen molar-refractivity contribution < 1.29 is 6.39 Å². The first-order valence-corrected chi connectivity index (χ1v) is 6.38. The molecule has 0 fully saturated rings. The third-order valence-electron chi connectivity index (χ3n) is 1.50. The van der Waals surface area contributed by atoms with Crippen LogP contribution in [-0.2, 0) is 0 Å². The van der Waals surface area contributed by atoms with Gasteiger partial charge in [-0.15, -0.1) is 0 Å². The molecule has 0 radical (unpaired) electrons. The van der Waals surface area contributed by atoms with E-state index in [9.17, 15) is 0 Å². The number of hydrogen-bond acceptors (Lipinski definition) is 2. The number of aromatic nitrogens is 3. The van der Waals surface area contributed by atoms with Crippen LogP contribution in [0, 0.1) is 13.8 Å². The van der Waals surface area contributed by atoms with Crippen LogP contribution in [0.1, 0.15) is 39.0 Å². The molecule has 2 aromatic heterocycles. The average Bonchev–Trinajstić information content (AvgIpc) is 2.44. The molecule has 0 unspecified atom stereocenters. The van der Waals surface area contributed by atoms with E-state index >= 15 is 0 Å². The lowest BCUT2D eigenvalue weighted by atomic mass is 10.3. The Bertz CT molecular complexity index is 388. The predicted octanol–water partition coefficient (Wildman–Crippen LogP) is 3.65. The van der Waals surface area contributed by atoms with Crippen molar-refractivity contribution in [1.82, 2.24) is 9.97 Å². The zero-order valence-electron chi connectivity index (χ0n) is 13.4. The van der Waals surface area contributed by atoms with Crippen molar-refractivity contribution >= 4 is 0 Å². The Hall–Kier alpha value is -1.77. The van der Waals surface area contributed by atoms with Crippen LogP contribution < -0.4 is 4.98 Å². The van der Waals surface area contributed by atoms with Gasteiger partial charge in [0.15, 0.2) is 12.4 Å². The second-order valence-corrected chi connectivity index (χ2v) is 2.88. The zero-order chi connectivity index (χ0) is 15.1. The van der Waals surface area contributed by atoms with Crippen LogP contribution in [0.25, 0.3) is 0 Å². The molecule has 0 aliphatic rings. The highest BCUT2D eigenvalue weighted by Gasteiger charge is 1.79. The molecule has 0 saturated heterocycles. The van der Waals surface area contributed by atoms with Crippen molar-refractivity contribution in [1.29, 1.82) is 0 Å². The van der Waals surface area contributed by atoms with Gasteiger partial charge >= 0.3 is 1.41 Å². The average molecular weight is 250 g/mol. The van der Waals surface area contributed by atoms with E-state index in [0.29, 0.717) is 0 Å².